The number of carboxylic acids is 2. The maximum Gasteiger partial charge on any atom is 0.414 e. The Morgan fingerprint density at radius 3 is 1.77 bits per heavy atom. The molecule has 0 saturated heterocycles. The molecular formula is C28H21N3O4. The number of nitrogens with zero attached hydrogens (tertiary/aromatic N) is 3. The normalized spacial score (nSPS) is 10.2. The molecule has 0 aliphatic heterocycles. The highest BCUT2D eigenvalue weighted by Gasteiger charge is 2.13. The minimum atomic E-state index is -1.82. The van der Waals surface area contributed by atoms with Crippen molar-refractivity contribution in [3.63, 3.8) is 0 Å². The van der Waals surface area contributed by atoms with Gasteiger partial charge in [-0.3, -0.25) is 4.57 Å². The second kappa shape index (κ2) is 10.7. The average Bonchev–Trinajstić information content (AvgIpc) is 3.27. The van der Waals surface area contributed by atoms with Gasteiger partial charge in [0.15, 0.2) is 0 Å². The monoisotopic (exact) mass is 463 g/mol. The van der Waals surface area contributed by atoms with Crippen LogP contribution in [0.5, 0.6) is 0 Å². The standard InChI is InChI=1S/C26H19N3.C2H2O4/c1-3-11-20(12-4-1)22(21-13-5-2-6-14-21)19-26-28-23-15-7-8-16-24(23)29(26)25-17-9-10-18-27-25;3-1(4)2(5)6/h1-19H;(H,3,4)(H,5,6). The minimum Gasteiger partial charge on any atom is -0.473 e. The van der Waals surface area contributed by atoms with Crippen LogP contribution < -0.4 is 0 Å². The van der Waals surface area contributed by atoms with Crippen LogP contribution in [0.2, 0.25) is 0 Å². The second-order valence-corrected chi connectivity index (χ2v) is 7.38. The quantitative estimate of drug-likeness (QED) is 0.357. The maximum absolute atomic E-state index is 9.10. The van der Waals surface area contributed by atoms with Crippen LogP contribution in [0.15, 0.2) is 109 Å². The van der Waals surface area contributed by atoms with Gasteiger partial charge >= 0.3 is 11.9 Å². The van der Waals surface area contributed by atoms with Crippen molar-refractivity contribution in [2.75, 3.05) is 0 Å². The fraction of sp³-hybridized carbons (Fsp3) is 0. The van der Waals surface area contributed by atoms with Crippen LogP contribution in [0, 0.1) is 0 Å². The van der Waals surface area contributed by atoms with Crippen molar-refractivity contribution in [3.8, 4) is 5.82 Å². The van der Waals surface area contributed by atoms with Crippen molar-refractivity contribution < 1.29 is 19.8 Å². The van der Waals surface area contributed by atoms with Gasteiger partial charge in [-0.25, -0.2) is 19.6 Å². The van der Waals surface area contributed by atoms with Gasteiger partial charge in [0, 0.05) is 6.20 Å². The van der Waals surface area contributed by atoms with Gasteiger partial charge in [-0.05, 0) is 47.0 Å². The zero-order valence-corrected chi connectivity index (χ0v) is 18.5. The Morgan fingerprint density at radius 1 is 0.686 bits per heavy atom. The van der Waals surface area contributed by atoms with E-state index >= 15 is 0 Å². The number of carboxylic acid groups (broad SMARTS) is 2. The molecule has 5 aromatic rings. The highest BCUT2D eigenvalue weighted by Crippen LogP contribution is 2.28. The van der Waals surface area contributed by atoms with Crippen molar-refractivity contribution in [1.82, 2.24) is 14.5 Å². The van der Waals surface area contributed by atoms with Crippen LogP contribution in [0.4, 0.5) is 0 Å². The lowest BCUT2D eigenvalue weighted by molar-refractivity contribution is -0.159. The lowest BCUT2D eigenvalue weighted by atomic mass is 9.97. The molecule has 2 heterocycles. The number of para-hydroxylation sites is 2. The van der Waals surface area contributed by atoms with Gasteiger partial charge in [-0.1, -0.05) is 78.9 Å². The van der Waals surface area contributed by atoms with E-state index in [0.29, 0.717) is 0 Å². The first kappa shape index (κ1) is 23.1. The van der Waals surface area contributed by atoms with E-state index < -0.39 is 11.9 Å². The van der Waals surface area contributed by atoms with Gasteiger partial charge in [0.1, 0.15) is 11.6 Å². The van der Waals surface area contributed by atoms with E-state index in [1.807, 2.05) is 54.7 Å². The number of aromatic nitrogens is 3. The Hall–Kier alpha value is -5.04. The summed E-state index contributed by atoms with van der Waals surface area (Å²) in [5.74, 6) is -1.94. The number of benzene rings is 3. The molecule has 3 aromatic carbocycles. The van der Waals surface area contributed by atoms with Crippen molar-refractivity contribution in [2.24, 2.45) is 0 Å². The SMILES string of the molecule is C(=C(c1ccccc1)c1ccccc1)c1nc2ccccc2n1-c1ccccn1.O=C(O)C(=O)O. The highest BCUT2D eigenvalue weighted by atomic mass is 16.4. The fourth-order valence-corrected chi connectivity index (χ4v) is 3.57. The van der Waals surface area contributed by atoms with E-state index in [2.05, 4.69) is 70.2 Å². The predicted molar refractivity (Wildman–Crippen MR) is 134 cm³/mol. The molecule has 0 saturated carbocycles. The van der Waals surface area contributed by atoms with E-state index in [-0.39, 0.29) is 0 Å². The van der Waals surface area contributed by atoms with Crippen LogP contribution in [0.25, 0.3) is 28.5 Å². The Kier molecular flexibility index (Phi) is 7.08. The van der Waals surface area contributed by atoms with Gasteiger partial charge in [0.05, 0.1) is 11.0 Å². The third kappa shape index (κ3) is 5.48. The molecule has 0 aliphatic carbocycles. The molecule has 0 bridgehead atoms. The van der Waals surface area contributed by atoms with Crippen molar-refractivity contribution in [1.29, 1.82) is 0 Å². The summed E-state index contributed by atoms with van der Waals surface area (Å²) in [6.07, 6.45) is 3.96. The minimum absolute atomic E-state index is 0.854. The summed E-state index contributed by atoms with van der Waals surface area (Å²) >= 11 is 0. The van der Waals surface area contributed by atoms with Gasteiger partial charge in [0.2, 0.25) is 0 Å². The molecule has 0 unspecified atom stereocenters. The molecule has 7 heteroatoms. The topological polar surface area (TPSA) is 105 Å². The Bertz CT molecular complexity index is 1430. The number of imidazole rings is 1. The predicted octanol–water partition coefficient (Wildman–Crippen LogP) is 5.17. The molecule has 35 heavy (non-hydrogen) atoms. The van der Waals surface area contributed by atoms with E-state index in [1.54, 1.807) is 0 Å². The van der Waals surface area contributed by atoms with Crippen LogP contribution in [-0.4, -0.2) is 36.7 Å². The molecule has 0 fully saturated rings. The van der Waals surface area contributed by atoms with Gasteiger partial charge in [-0.15, -0.1) is 0 Å². The van der Waals surface area contributed by atoms with E-state index in [1.165, 1.54) is 0 Å². The molecular weight excluding hydrogens is 442 g/mol. The third-order valence-corrected chi connectivity index (χ3v) is 5.09. The van der Waals surface area contributed by atoms with Gasteiger partial charge < -0.3 is 10.2 Å². The Labute approximate surface area is 201 Å². The van der Waals surface area contributed by atoms with E-state index in [0.717, 1.165) is 39.4 Å². The molecule has 5 rings (SSSR count). The zero-order chi connectivity index (χ0) is 24.6. The summed E-state index contributed by atoms with van der Waals surface area (Å²) in [4.78, 5) is 27.7. The molecule has 0 radical (unpaired) electrons. The second-order valence-electron chi connectivity index (χ2n) is 7.38. The number of fused-ring (bicyclic) bond motifs is 1. The largest absolute Gasteiger partial charge is 0.473 e. The summed E-state index contributed by atoms with van der Waals surface area (Å²) in [6, 6.07) is 35.0. The first-order valence-electron chi connectivity index (χ1n) is 10.7. The highest BCUT2D eigenvalue weighted by molar-refractivity contribution is 6.27. The van der Waals surface area contributed by atoms with E-state index in [9.17, 15) is 0 Å². The average molecular weight is 463 g/mol. The summed E-state index contributed by atoms with van der Waals surface area (Å²) < 4.78 is 2.11. The van der Waals surface area contributed by atoms with Crippen LogP contribution in [-0.2, 0) is 9.59 Å². The number of rotatable bonds is 4. The fourth-order valence-electron chi connectivity index (χ4n) is 3.57. The van der Waals surface area contributed by atoms with Crippen LogP contribution in [0.1, 0.15) is 17.0 Å². The molecule has 2 N–H and O–H groups in total. The maximum atomic E-state index is 9.10. The summed E-state index contributed by atoms with van der Waals surface area (Å²) in [6.45, 7) is 0. The van der Waals surface area contributed by atoms with Gasteiger partial charge in [0.25, 0.3) is 0 Å². The van der Waals surface area contributed by atoms with Crippen LogP contribution >= 0.6 is 0 Å². The molecule has 0 aliphatic rings. The van der Waals surface area contributed by atoms with Gasteiger partial charge in [-0.2, -0.15) is 0 Å². The molecule has 0 spiro atoms. The Morgan fingerprint density at radius 2 is 1.23 bits per heavy atom. The number of hydrogen-bond donors (Lipinski definition) is 2. The van der Waals surface area contributed by atoms with Crippen molar-refractivity contribution in [3.05, 3.63) is 126 Å². The van der Waals surface area contributed by atoms with E-state index in [4.69, 9.17) is 24.8 Å². The Balaban J connectivity index is 0.000000431. The smallest absolute Gasteiger partial charge is 0.414 e. The lowest BCUT2D eigenvalue weighted by Gasteiger charge is -2.10. The summed E-state index contributed by atoms with van der Waals surface area (Å²) in [5, 5.41) is 14.8. The molecule has 172 valence electrons. The third-order valence-electron chi connectivity index (χ3n) is 5.09. The molecule has 0 amide bonds. The molecule has 2 aromatic heterocycles. The van der Waals surface area contributed by atoms with Crippen molar-refractivity contribution >= 4 is 34.6 Å². The number of hydrogen-bond acceptors (Lipinski definition) is 4. The lowest BCUT2D eigenvalue weighted by Crippen LogP contribution is -2.09. The first-order valence-corrected chi connectivity index (χ1v) is 10.7. The zero-order valence-electron chi connectivity index (χ0n) is 18.5. The number of pyridine rings is 1. The number of aliphatic carboxylic acids is 2. The number of carbonyl (C=O) groups is 2. The van der Waals surface area contributed by atoms with Crippen LogP contribution in [0.3, 0.4) is 0 Å². The summed E-state index contributed by atoms with van der Waals surface area (Å²) in [7, 11) is 0. The molecule has 7 nitrogen and oxygen atoms in total. The van der Waals surface area contributed by atoms with Crippen molar-refractivity contribution in [2.45, 2.75) is 0 Å². The first-order chi connectivity index (χ1) is 17.0. The molecule has 0 atom stereocenters. The summed E-state index contributed by atoms with van der Waals surface area (Å²) in [5.41, 5.74) is 5.41.